The molecule has 0 aromatic rings. The van der Waals surface area contributed by atoms with Gasteiger partial charge in [-0.05, 0) is 20.3 Å². The number of rotatable bonds is 6. The molecule has 0 radical (unpaired) electrons. The fourth-order valence-corrected chi connectivity index (χ4v) is 0.949. The molecule has 0 aliphatic rings. The van der Waals surface area contributed by atoms with E-state index in [9.17, 15) is 9.59 Å². The SMILES string of the molecule is CCC(C)(C)NCC(NC(C)=O)C(=O)O. The Hall–Kier alpha value is -1.10. The zero-order valence-electron chi connectivity index (χ0n) is 9.76. The minimum Gasteiger partial charge on any atom is -0.480 e. The van der Waals surface area contributed by atoms with Gasteiger partial charge >= 0.3 is 5.97 Å². The molecule has 0 bridgehead atoms. The first-order valence-electron chi connectivity index (χ1n) is 5.03. The lowest BCUT2D eigenvalue weighted by Gasteiger charge is -2.26. The van der Waals surface area contributed by atoms with E-state index >= 15 is 0 Å². The first-order valence-corrected chi connectivity index (χ1v) is 5.03. The fraction of sp³-hybridized carbons (Fsp3) is 0.800. The van der Waals surface area contributed by atoms with E-state index in [0.29, 0.717) is 0 Å². The lowest BCUT2D eigenvalue weighted by Crippen LogP contribution is -2.51. The van der Waals surface area contributed by atoms with Gasteiger partial charge in [0.1, 0.15) is 6.04 Å². The molecule has 3 N–H and O–H groups in total. The van der Waals surface area contributed by atoms with E-state index in [4.69, 9.17) is 5.11 Å². The Morgan fingerprint density at radius 3 is 2.27 bits per heavy atom. The number of carbonyl (C=O) groups is 2. The summed E-state index contributed by atoms with van der Waals surface area (Å²) in [6.45, 7) is 7.52. The zero-order valence-corrected chi connectivity index (χ0v) is 9.76. The minimum absolute atomic E-state index is 0.119. The predicted octanol–water partition coefficient (Wildman–Crippen LogP) is 0.354. The highest BCUT2D eigenvalue weighted by Crippen LogP contribution is 2.06. The highest BCUT2D eigenvalue weighted by molar-refractivity contribution is 5.82. The van der Waals surface area contributed by atoms with Gasteiger partial charge in [-0.15, -0.1) is 0 Å². The van der Waals surface area contributed by atoms with E-state index in [2.05, 4.69) is 10.6 Å². The summed E-state index contributed by atoms with van der Waals surface area (Å²) in [5.41, 5.74) is -0.119. The second-order valence-corrected chi connectivity index (χ2v) is 4.21. The topological polar surface area (TPSA) is 78.4 Å². The van der Waals surface area contributed by atoms with Crippen LogP contribution in [0, 0.1) is 0 Å². The average molecular weight is 216 g/mol. The Kier molecular flexibility index (Phi) is 5.28. The van der Waals surface area contributed by atoms with E-state index in [0.717, 1.165) is 6.42 Å². The Morgan fingerprint density at radius 2 is 1.93 bits per heavy atom. The van der Waals surface area contributed by atoms with Crippen molar-refractivity contribution in [3.05, 3.63) is 0 Å². The van der Waals surface area contributed by atoms with E-state index in [1.165, 1.54) is 6.92 Å². The first kappa shape index (κ1) is 13.9. The van der Waals surface area contributed by atoms with Gasteiger partial charge in [-0.25, -0.2) is 4.79 Å². The molecule has 1 amide bonds. The summed E-state index contributed by atoms with van der Waals surface area (Å²) < 4.78 is 0. The molecule has 5 nitrogen and oxygen atoms in total. The van der Waals surface area contributed by atoms with Crippen LogP contribution < -0.4 is 10.6 Å². The molecule has 0 aliphatic carbocycles. The Morgan fingerprint density at radius 1 is 1.40 bits per heavy atom. The summed E-state index contributed by atoms with van der Waals surface area (Å²) in [6, 6.07) is -0.867. The fourth-order valence-electron chi connectivity index (χ4n) is 0.949. The van der Waals surface area contributed by atoms with Crippen LogP contribution in [0.5, 0.6) is 0 Å². The molecule has 0 aliphatic heterocycles. The van der Waals surface area contributed by atoms with Crippen LogP contribution in [0.1, 0.15) is 34.1 Å². The number of carbonyl (C=O) groups excluding carboxylic acids is 1. The van der Waals surface area contributed by atoms with E-state index in [1.54, 1.807) is 0 Å². The average Bonchev–Trinajstić information content (AvgIpc) is 2.11. The number of nitrogens with one attached hydrogen (secondary N) is 2. The van der Waals surface area contributed by atoms with Gasteiger partial charge < -0.3 is 15.7 Å². The van der Waals surface area contributed by atoms with E-state index in [1.807, 2.05) is 20.8 Å². The summed E-state index contributed by atoms with van der Waals surface area (Å²) in [5.74, 6) is -1.36. The molecule has 0 fully saturated rings. The monoisotopic (exact) mass is 216 g/mol. The van der Waals surface area contributed by atoms with Crippen molar-refractivity contribution in [2.24, 2.45) is 0 Å². The van der Waals surface area contributed by atoms with Crippen molar-refractivity contribution in [3.8, 4) is 0 Å². The maximum atomic E-state index is 10.8. The zero-order chi connectivity index (χ0) is 12.1. The normalized spacial score (nSPS) is 13.3. The van der Waals surface area contributed by atoms with Crippen molar-refractivity contribution in [2.45, 2.75) is 45.7 Å². The number of hydrogen-bond acceptors (Lipinski definition) is 3. The molecular weight excluding hydrogens is 196 g/mol. The second-order valence-electron chi connectivity index (χ2n) is 4.21. The second kappa shape index (κ2) is 5.70. The molecule has 0 aromatic heterocycles. The highest BCUT2D eigenvalue weighted by Gasteiger charge is 2.22. The van der Waals surface area contributed by atoms with Crippen LogP contribution in [-0.2, 0) is 9.59 Å². The number of carboxylic acid groups (broad SMARTS) is 1. The lowest BCUT2D eigenvalue weighted by atomic mass is 10.0. The Labute approximate surface area is 90.2 Å². The number of carboxylic acids is 1. The molecule has 5 heteroatoms. The maximum Gasteiger partial charge on any atom is 0.327 e. The molecule has 0 saturated heterocycles. The standard InChI is InChI=1S/C10H20N2O3/c1-5-10(3,4)11-6-8(9(14)15)12-7(2)13/h8,11H,5-6H2,1-4H3,(H,12,13)(H,14,15). The molecule has 0 saturated carbocycles. The third-order valence-electron chi connectivity index (χ3n) is 2.34. The van der Waals surface area contributed by atoms with Gasteiger partial charge in [-0.3, -0.25) is 4.79 Å². The van der Waals surface area contributed by atoms with Crippen LogP contribution in [0.4, 0.5) is 0 Å². The Balaban J connectivity index is 4.19. The maximum absolute atomic E-state index is 10.8. The Bertz CT molecular complexity index is 239. The molecule has 0 spiro atoms. The van der Waals surface area contributed by atoms with Crippen molar-refractivity contribution in [2.75, 3.05) is 6.54 Å². The van der Waals surface area contributed by atoms with Crippen molar-refractivity contribution in [1.82, 2.24) is 10.6 Å². The molecular formula is C10H20N2O3. The van der Waals surface area contributed by atoms with Gasteiger partial charge in [-0.1, -0.05) is 6.92 Å². The van der Waals surface area contributed by atoms with Crippen LogP contribution in [0.2, 0.25) is 0 Å². The summed E-state index contributed by atoms with van der Waals surface area (Å²) in [4.78, 5) is 21.5. The van der Waals surface area contributed by atoms with Crippen LogP contribution >= 0.6 is 0 Å². The molecule has 15 heavy (non-hydrogen) atoms. The third kappa shape index (κ3) is 6.06. The van der Waals surface area contributed by atoms with Crippen LogP contribution in [-0.4, -0.2) is 35.1 Å². The van der Waals surface area contributed by atoms with E-state index in [-0.39, 0.29) is 18.0 Å². The van der Waals surface area contributed by atoms with Crippen LogP contribution in [0.25, 0.3) is 0 Å². The molecule has 0 aromatic carbocycles. The lowest BCUT2D eigenvalue weighted by molar-refractivity contribution is -0.141. The van der Waals surface area contributed by atoms with Gasteiger partial charge in [0.05, 0.1) is 0 Å². The van der Waals surface area contributed by atoms with Gasteiger partial charge in [0.15, 0.2) is 0 Å². The predicted molar refractivity (Wildman–Crippen MR) is 57.6 cm³/mol. The van der Waals surface area contributed by atoms with Gasteiger partial charge in [0.2, 0.25) is 5.91 Å². The highest BCUT2D eigenvalue weighted by atomic mass is 16.4. The van der Waals surface area contributed by atoms with Crippen LogP contribution in [0.15, 0.2) is 0 Å². The van der Waals surface area contributed by atoms with Crippen LogP contribution in [0.3, 0.4) is 0 Å². The first-order chi connectivity index (χ1) is 6.78. The molecule has 1 atom stereocenters. The summed E-state index contributed by atoms with van der Waals surface area (Å²) in [5, 5.41) is 14.3. The molecule has 88 valence electrons. The smallest absolute Gasteiger partial charge is 0.327 e. The summed E-state index contributed by atoms with van der Waals surface area (Å²) in [6.07, 6.45) is 0.888. The molecule has 1 unspecified atom stereocenters. The largest absolute Gasteiger partial charge is 0.480 e. The van der Waals surface area contributed by atoms with E-state index < -0.39 is 12.0 Å². The van der Waals surface area contributed by atoms with Gasteiger partial charge in [0.25, 0.3) is 0 Å². The third-order valence-corrected chi connectivity index (χ3v) is 2.34. The van der Waals surface area contributed by atoms with Crippen molar-refractivity contribution >= 4 is 11.9 Å². The molecule has 0 rings (SSSR count). The number of aliphatic carboxylic acids is 1. The molecule has 0 heterocycles. The number of hydrogen-bond donors (Lipinski definition) is 3. The van der Waals surface area contributed by atoms with Crippen molar-refractivity contribution < 1.29 is 14.7 Å². The minimum atomic E-state index is -1.02. The van der Waals surface area contributed by atoms with Gasteiger partial charge in [-0.2, -0.15) is 0 Å². The summed E-state index contributed by atoms with van der Waals surface area (Å²) in [7, 11) is 0. The number of amides is 1. The van der Waals surface area contributed by atoms with Crippen molar-refractivity contribution in [1.29, 1.82) is 0 Å². The summed E-state index contributed by atoms with van der Waals surface area (Å²) >= 11 is 0. The quantitative estimate of drug-likeness (QED) is 0.599. The van der Waals surface area contributed by atoms with Gasteiger partial charge in [0, 0.05) is 19.0 Å². The van der Waals surface area contributed by atoms with Crippen molar-refractivity contribution in [3.63, 3.8) is 0 Å².